The summed E-state index contributed by atoms with van der Waals surface area (Å²) in [5, 5.41) is 18.8. The summed E-state index contributed by atoms with van der Waals surface area (Å²) in [6.07, 6.45) is 1.30. The summed E-state index contributed by atoms with van der Waals surface area (Å²) >= 11 is 6.08. The van der Waals surface area contributed by atoms with Crippen molar-refractivity contribution in [3.63, 3.8) is 0 Å². The molecular formula is C12H15ClLiNO3. The Balaban J connectivity index is 0.00000162. The van der Waals surface area contributed by atoms with E-state index in [1.54, 1.807) is 12.1 Å². The molecule has 1 aliphatic rings. The van der Waals surface area contributed by atoms with E-state index in [1.807, 2.05) is 4.90 Å². The third kappa shape index (κ3) is 3.21. The molecule has 0 aliphatic carbocycles. The summed E-state index contributed by atoms with van der Waals surface area (Å²) in [4.78, 5) is 12.9. The number of hydrogen-bond donors (Lipinski definition) is 2. The van der Waals surface area contributed by atoms with E-state index in [1.165, 1.54) is 6.07 Å². The third-order valence-electron chi connectivity index (χ3n) is 2.95. The van der Waals surface area contributed by atoms with Crippen LogP contribution in [0.4, 0.5) is 5.69 Å². The van der Waals surface area contributed by atoms with E-state index in [2.05, 4.69) is 0 Å². The van der Waals surface area contributed by atoms with Gasteiger partial charge in [-0.25, -0.2) is 4.79 Å². The fourth-order valence-electron chi connectivity index (χ4n) is 2.10. The van der Waals surface area contributed by atoms with Gasteiger partial charge in [0.1, 0.15) is 0 Å². The summed E-state index contributed by atoms with van der Waals surface area (Å²) < 4.78 is 0. The SMILES string of the molecule is O=C(O)c1cccc(N2CCC[C@H](O)C2)c1Cl.[H-].[Li+]. The van der Waals surface area contributed by atoms with Gasteiger partial charge < -0.3 is 16.5 Å². The number of aliphatic hydroxyl groups is 1. The molecule has 0 bridgehead atoms. The molecule has 1 saturated heterocycles. The molecule has 1 aromatic rings. The number of piperidine rings is 1. The topological polar surface area (TPSA) is 60.8 Å². The largest absolute Gasteiger partial charge is 1.00 e. The van der Waals surface area contributed by atoms with Crippen LogP contribution in [0.3, 0.4) is 0 Å². The molecule has 1 aliphatic heterocycles. The van der Waals surface area contributed by atoms with E-state index in [-0.39, 0.29) is 37.0 Å². The first-order valence-electron chi connectivity index (χ1n) is 5.54. The molecule has 0 spiro atoms. The van der Waals surface area contributed by atoms with Gasteiger partial charge in [-0.1, -0.05) is 17.7 Å². The summed E-state index contributed by atoms with van der Waals surface area (Å²) in [6.45, 7) is 1.29. The Morgan fingerprint density at radius 3 is 2.83 bits per heavy atom. The minimum absolute atomic E-state index is 0. The van der Waals surface area contributed by atoms with E-state index in [4.69, 9.17) is 16.7 Å². The van der Waals surface area contributed by atoms with Crippen LogP contribution in [0.2, 0.25) is 5.02 Å². The minimum atomic E-state index is -1.03. The molecule has 1 heterocycles. The van der Waals surface area contributed by atoms with E-state index < -0.39 is 5.97 Å². The first kappa shape index (κ1) is 15.4. The van der Waals surface area contributed by atoms with E-state index in [9.17, 15) is 9.90 Å². The molecule has 2 N–H and O–H groups in total. The number of carbonyl (C=O) groups is 1. The molecule has 1 fully saturated rings. The first-order chi connectivity index (χ1) is 8.09. The Labute approximate surface area is 124 Å². The number of rotatable bonds is 2. The number of halogens is 1. The zero-order chi connectivity index (χ0) is 12.4. The van der Waals surface area contributed by atoms with Crippen LogP contribution in [0.15, 0.2) is 18.2 Å². The van der Waals surface area contributed by atoms with Crippen molar-refractivity contribution in [3.05, 3.63) is 28.8 Å². The van der Waals surface area contributed by atoms with Gasteiger partial charge in [-0.15, -0.1) is 0 Å². The number of aliphatic hydroxyl groups excluding tert-OH is 1. The van der Waals surface area contributed by atoms with Crippen LogP contribution in [-0.4, -0.2) is 35.4 Å². The molecule has 94 valence electrons. The van der Waals surface area contributed by atoms with Crippen LogP contribution >= 0.6 is 11.6 Å². The van der Waals surface area contributed by atoms with Crippen molar-refractivity contribution in [1.82, 2.24) is 0 Å². The van der Waals surface area contributed by atoms with Crippen LogP contribution < -0.4 is 23.8 Å². The van der Waals surface area contributed by atoms with Crippen molar-refractivity contribution in [2.24, 2.45) is 0 Å². The molecule has 0 amide bonds. The Bertz CT molecular complexity index is 447. The fraction of sp³-hybridized carbons (Fsp3) is 0.417. The number of anilines is 1. The molecular weight excluding hydrogens is 249 g/mol. The van der Waals surface area contributed by atoms with Gasteiger partial charge in [0.2, 0.25) is 0 Å². The van der Waals surface area contributed by atoms with Gasteiger partial charge in [-0.2, -0.15) is 0 Å². The van der Waals surface area contributed by atoms with Crippen LogP contribution in [0.1, 0.15) is 24.6 Å². The second-order valence-electron chi connectivity index (χ2n) is 4.19. The Kier molecular flexibility index (Phi) is 5.55. The monoisotopic (exact) mass is 263 g/mol. The number of β-amino-alcohol motifs (C(OH)–C–C–N with tert-alkyl or cyclic N) is 1. The number of carboxylic acid groups (broad SMARTS) is 1. The Morgan fingerprint density at radius 2 is 2.22 bits per heavy atom. The predicted molar refractivity (Wildman–Crippen MR) is 67.0 cm³/mol. The number of benzene rings is 1. The van der Waals surface area contributed by atoms with Crippen LogP contribution in [0.25, 0.3) is 0 Å². The van der Waals surface area contributed by atoms with Crippen molar-refractivity contribution in [3.8, 4) is 0 Å². The predicted octanol–water partition coefficient (Wildman–Crippen LogP) is -0.884. The molecule has 0 radical (unpaired) electrons. The summed E-state index contributed by atoms with van der Waals surface area (Å²) in [7, 11) is 0. The Hall–Kier alpha value is -0.663. The molecule has 18 heavy (non-hydrogen) atoms. The van der Waals surface area contributed by atoms with Crippen LogP contribution in [0.5, 0.6) is 0 Å². The number of carboxylic acids is 1. The molecule has 1 aromatic carbocycles. The zero-order valence-corrected chi connectivity index (χ0v) is 11.0. The Morgan fingerprint density at radius 1 is 1.50 bits per heavy atom. The molecule has 0 aromatic heterocycles. The van der Waals surface area contributed by atoms with Crippen molar-refractivity contribution >= 4 is 23.3 Å². The summed E-state index contributed by atoms with van der Waals surface area (Å²) in [5.41, 5.74) is 0.787. The standard InChI is InChI=1S/C12H14ClNO3.Li.H/c13-11-9(12(16)17)4-1-5-10(11)14-6-2-3-8(15)7-14;;/h1,4-5,8,15H,2-3,6-7H2,(H,16,17);;/q;+1;-1/t8-;;/m0../s1. The maximum Gasteiger partial charge on any atom is 1.00 e. The van der Waals surface area contributed by atoms with E-state index in [0.717, 1.165) is 19.4 Å². The first-order valence-corrected chi connectivity index (χ1v) is 5.92. The van der Waals surface area contributed by atoms with Crippen molar-refractivity contribution in [2.75, 3.05) is 18.0 Å². The average Bonchev–Trinajstić information content (AvgIpc) is 2.29. The molecule has 0 unspecified atom stereocenters. The molecule has 4 nitrogen and oxygen atoms in total. The van der Waals surface area contributed by atoms with Gasteiger partial charge in [-0.05, 0) is 25.0 Å². The maximum atomic E-state index is 11.0. The quantitative estimate of drug-likeness (QED) is 0.680. The van der Waals surface area contributed by atoms with Crippen molar-refractivity contribution < 1.29 is 35.3 Å². The second-order valence-corrected chi connectivity index (χ2v) is 4.56. The summed E-state index contributed by atoms with van der Waals surface area (Å²) in [6, 6.07) is 4.94. The van der Waals surface area contributed by atoms with Crippen molar-refractivity contribution in [1.29, 1.82) is 0 Å². The van der Waals surface area contributed by atoms with E-state index >= 15 is 0 Å². The van der Waals surface area contributed by atoms with Gasteiger partial charge in [0.15, 0.2) is 0 Å². The maximum absolute atomic E-state index is 11.0. The minimum Gasteiger partial charge on any atom is -1.00 e. The van der Waals surface area contributed by atoms with E-state index in [0.29, 0.717) is 12.2 Å². The number of nitrogens with zero attached hydrogens (tertiary/aromatic N) is 1. The number of hydrogen-bond acceptors (Lipinski definition) is 3. The summed E-state index contributed by atoms with van der Waals surface area (Å²) in [5.74, 6) is -1.03. The van der Waals surface area contributed by atoms with Gasteiger partial charge in [0.05, 0.1) is 22.4 Å². The molecule has 6 heteroatoms. The van der Waals surface area contributed by atoms with Crippen molar-refractivity contribution in [2.45, 2.75) is 18.9 Å². The smallest absolute Gasteiger partial charge is 1.00 e. The number of aromatic carboxylic acids is 1. The second kappa shape index (κ2) is 6.49. The third-order valence-corrected chi connectivity index (χ3v) is 3.34. The van der Waals surface area contributed by atoms with Crippen LogP contribution in [0, 0.1) is 0 Å². The van der Waals surface area contributed by atoms with Gasteiger partial charge in [0, 0.05) is 13.1 Å². The van der Waals surface area contributed by atoms with Gasteiger partial charge in [0.25, 0.3) is 0 Å². The zero-order valence-electron chi connectivity index (χ0n) is 11.3. The molecule has 2 rings (SSSR count). The van der Waals surface area contributed by atoms with Gasteiger partial charge >= 0.3 is 24.8 Å². The van der Waals surface area contributed by atoms with Gasteiger partial charge in [-0.3, -0.25) is 0 Å². The average molecular weight is 264 g/mol. The molecule has 1 atom stereocenters. The molecule has 0 saturated carbocycles. The normalized spacial score (nSPS) is 19.2. The van der Waals surface area contributed by atoms with Crippen LogP contribution in [-0.2, 0) is 0 Å². The fourth-order valence-corrected chi connectivity index (χ4v) is 2.43.